The van der Waals surface area contributed by atoms with Crippen molar-refractivity contribution in [1.29, 1.82) is 0 Å². The summed E-state index contributed by atoms with van der Waals surface area (Å²) in [6.45, 7) is 5.92. The van der Waals surface area contributed by atoms with Crippen molar-refractivity contribution in [2.75, 3.05) is 32.8 Å². The van der Waals surface area contributed by atoms with Crippen LogP contribution in [0.2, 0.25) is 0 Å². The van der Waals surface area contributed by atoms with Gasteiger partial charge in [-0.05, 0) is 34.8 Å². The second kappa shape index (κ2) is 9.13. The molecule has 1 atom stereocenters. The molecule has 2 aromatic carbocycles. The molecule has 1 saturated heterocycles. The van der Waals surface area contributed by atoms with Crippen molar-refractivity contribution in [3.8, 4) is 5.75 Å². The van der Waals surface area contributed by atoms with E-state index in [0.29, 0.717) is 6.61 Å². The van der Waals surface area contributed by atoms with Gasteiger partial charge in [0.05, 0.1) is 6.04 Å². The Kier molecular flexibility index (Phi) is 6.14. The fourth-order valence-electron chi connectivity index (χ4n) is 3.58. The monoisotopic (exact) mass is 379 g/mol. The van der Waals surface area contributed by atoms with Crippen molar-refractivity contribution in [3.63, 3.8) is 0 Å². The standard InChI is InChI=1S/C22H25N3OS/c1-3-7-20(8-4-1)22(17-26-21-9-5-2-6-10-21)25-13-11-24(12-14-25)16-19-15-23-27-18-19/h1-10,15,18,22H,11-14,16-17H2. The molecule has 4 rings (SSSR count). The molecule has 1 unspecified atom stereocenters. The number of aromatic nitrogens is 1. The molecule has 0 amide bonds. The summed E-state index contributed by atoms with van der Waals surface area (Å²) >= 11 is 1.53. The van der Waals surface area contributed by atoms with Gasteiger partial charge in [0.15, 0.2) is 0 Å². The summed E-state index contributed by atoms with van der Waals surface area (Å²) in [4.78, 5) is 5.07. The van der Waals surface area contributed by atoms with Gasteiger partial charge in [-0.3, -0.25) is 9.80 Å². The molecule has 2 heterocycles. The molecule has 1 aromatic heterocycles. The molecule has 1 fully saturated rings. The van der Waals surface area contributed by atoms with Crippen LogP contribution in [0, 0.1) is 0 Å². The minimum Gasteiger partial charge on any atom is -0.492 e. The molecule has 0 aliphatic carbocycles. The molecule has 0 N–H and O–H groups in total. The highest BCUT2D eigenvalue weighted by molar-refractivity contribution is 7.03. The maximum Gasteiger partial charge on any atom is 0.119 e. The van der Waals surface area contributed by atoms with E-state index < -0.39 is 0 Å². The van der Waals surface area contributed by atoms with E-state index in [4.69, 9.17) is 4.74 Å². The van der Waals surface area contributed by atoms with Crippen molar-refractivity contribution in [3.05, 3.63) is 83.4 Å². The SMILES string of the molecule is c1ccc(OCC(c2ccccc2)N2CCN(Cc3cnsc3)CC2)cc1. The summed E-state index contributed by atoms with van der Waals surface area (Å²) in [5.74, 6) is 0.932. The maximum atomic E-state index is 6.13. The minimum atomic E-state index is 0.274. The average Bonchev–Trinajstić information content (AvgIpc) is 3.24. The van der Waals surface area contributed by atoms with Crippen molar-refractivity contribution in [2.45, 2.75) is 12.6 Å². The summed E-state index contributed by atoms with van der Waals surface area (Å²) in [6, 6.07) is 21.1. The number of para-hydroxylation sites is 1. The van der Waals surface area contributed by atoms with E-state index in [1.54, 1.807) is 0 Å². The van der Waals surface area contributed by atoms with E-state index >= 15 is 0 Å². The Morgan fingerprint density at radius 2 is 1.63 bits per heavy atom. The van der Waals surface area contributed by atoms with Gasteiger partial charge in [-0.15, -0.1) is 0 Å². The molecule has 4 nitrogen and oxygen atoms in total. The van der Waals surface area contributed by atoms with E-state index in [-0.39, 0.29) is 6.04 Å². The van der Waals surface area contributed by atoms with Crippen molar-refractivity contribution < 1.29 is 4.74 Å². The lowest BCUT2D eigenvalue weighted by molar-refractivity contribution is 0.0678. The van der Waals surface area contributed by atoms with Gasteiger partial charge in [0.2, 0.25) is 0 Å². The lowest BCUT2D eigenvalue weighted by Crippen LogP contribution is -2.48. The fraction of sp³-hybridized carbons (Fsp3) is 0.318. The first-order chi connectivity index (χ1) is 13.4. The number of benzene rings is 2. The molecule has 1 aliphatic heterocycles. The van der Waals surface area contributed by atoms with Gasteiger partial charge in [0, 0.05) is 44.3 Å². The molecule has 27 heavy (non-hydrogen) atoms. The molecular formula is C22H25N3OS. The van der Waals surface area contributed by atoms with Gasteiger partial charge >= 0.3 is 0 Å². The average molecular weight is 380 g/mol. The van der Waals surface area contributed by atoms with Gasteiger partial charge in [-0.1, -0.05) is 48.5 Å². The zero-order chi connectivity index (χ0) is 18.3. The van der Waals surface area contributed by atoms with Crippen LogP contribution < -0.4 is 4.74 Å². The van der Waals surface area contributed by atoms with Crippen LogP contribution in [0.5, 0.6) is 5.75 Å². The van der Waals surface area contributed by atoms with E-state index in [1.165, 1.54) is 22.7 Å². The van der Waals surface area contributed by atoms with Crippen LogP contribution in [-0.4, -0.2) is 47.0 Å². The molecule has 0 saturated carbocycles. The first kappa shape index (κ1) is 18.2. The zero-order valence-electron chi connectivity index (χ0n) is 15.4. The maximum absolute atomic E-state index is 6.13. The number of nitrogens with zero attached hydrogens (tertiary/aromatic N) is 3. The van der Waals surface area contributed by atoms with Gasteiger partial charge in [-0.2, -0.15) is 0 Å². The fourth-order valence-corrected chi connectivity index (χ4v) is 4.10. The number of hydrogen-bond donors (Lipinski definition) is 0. The summed E-state index contributed by atoms with van der Waals surface area (Å²) in [5, 5.41) is 2.15. The second-order valence-electron chi connectivity index (χ2n) is 6.90. The van der Waals surface area contributed by atoms with E-state index in [0.717, 1.165) is 38.5 Å². The predicted molar refractivity (Wildman–Crippen MR) is 110 cm³/mol. The van der Waals surface area contributed by atoms with E-state index in [1.807, 2.05) is 36.5 Å². The van der Waals surface area contributed by atoms with Crippen LogP contribution in [0.3, 0.4) is 0 Å². The topological polar surface area (TPSA) is 28.6 Å². The number of rotatable bonds is 7. The van der Waals surface area contributed by atoms with Crippen molar-refractivity contribution in [1.82, 2.24) is 14.2 Å². The first-order valence-electron chi connectivity index (χ1n) is 9.46. The Hall–Kier alpha value is -2.21. The van der Waals surface area contributed by atoms with Crippen LogP contribution in [0.4, 0.5) is 0 Å². The van der Waals surface area contributed by atoms with Crippen LogP contribution in [0.1, 0.15) is 17.2 Å². The Bertz CT molecular complexity index is 787. The molecule has 0 bridgehead atoms. The van der Waals surface area contributed by atoms with Gasteiger partial charge in [-0.25, -0.2) is 4.37 Å². The molecule has 3 aromatic rings. The van der Waals surface area contributed by atoms with E-state index in [9.17, 15) is 0 Å². The van der Waals surface area contributed by atoms with Crippen molar-refractivity contribution in [2.24, 2.45) is 0 Å². The lowest BCUT2D eigenvalue weighted by Gasteiger charge is -2.39. The number of hydrogen-bond acceptors (Lipinski definition) is 5. The van der Waals surface area contributed by atoms with E-state index in [2.05, 4.69) is 49.9 Å². The van der Waals surface area contributed by atoms with Crippen molar-refractivity contribution >= 4 is 11.5 Å². The third-order valence-corrected chi connectivity index (χ3v) is 5.71. The Labute approximate surface area is 165 Å². The molecular weight excluding hydrogens is 354 g/mol. The van der Waals surface area contributed by atoms with Gasteiger partial charge < -0.3 is 4.74 Å². The highest BCUT2D eigenvalue weighted by atomic mass is 32.1. The summed E-state index contributed by atoms with van der Waals surface area (Å²) in [7, 11) is 0. The highest BCUT2D eigenvalue weighted by Gasteiger charge is 2.25. The first-order valence-corrected chi connectivity index (χ1v) is 10.3. The molecule has 0 radical (unpaired) electrons. The Balaban J connectivity index is 1.40. The minimum absolute atomic E-state index is 0.274. The van der Waals surface area contributed by atoms with Crippen LogP contribution in [-0.2, 0) is 6.54 Å². The second-order valence-corrected chi connectivity index (χ2v) is 7.55. The smallest absolute Gasteiger partial charge is 0.119 e. The Morgan fingerprint density at radius 1 is 0.926 bits per heavy atom. The van der Waals surface area contributed by atoms with Crippen LogP contribution >= 0.6 is 11.5 Å². The molecule has 140 valence electrons. The number of piperazine rings is 1. The third kappa shape index (κ3) is 4.95. The van der Waals surface area contributed by atoms with Gasteiger partial charge in [0.1, 0.15) is 12.4 Å². The zero-order valence-corrected chi connectivity index (χ0v) is 16.2. The molecule has 5 heteroatoms. The summed E-state index contributed by atoms with van der Waals surface area (Å²) < 4.78 is 10.3. The summed E-state index contributed by atoms with van der Waals surface area (Å²) in [6.07, 6.45) is 1.98. The molecule has 1 aliphatic rings. The third-order valence-electron chi connectivity index (χ3n) is 5.07. The summed E-state index contributed by atoms with van der Waals surface area (Å²) in [5.41, 5.74) is 2.64. The Morgan fingerprint density at radius 3 is 2.30 bits per heavy atom. The largest absolute Gasteiger partial charge is 0.492 e. The van der Waals surface area contributed by atoms with Gasteiger partial charge in [0.25, 0.3) is 0 Å². The van der Waals surface area contributed by atoms with Crippen LogP contribution in [0.25, 0.3) is 0 Å². The lowest BCUT2D eigenvalue weighted by atomic mass is 10.0. The predicted octanol–water partition coefficient (Wildman–Crippen LogP) is 4.08. The normalized spacial score (nSPS) is 16.9. The quantitative estimate of drug-likeness (QED) is 0.618. The highest BCUT2D eigenvalue weighted by Crippen LogP contribution is 2.24. The number of ether oxygens (including phenoxy) is 1. The van der Waals surface area contributed by atoms with Crippen LogP contribution in [0.15, 0.2) is 72.2 Å². The molecule has 0 spiro atoms.